The highest BCUT2D eigenvalue weighted by Crippen LogP contribution is 2.25. The Morgan fingerprint density at radius 2 is 1.72 bits per heavy atom. The molecular weight excluding hydrogens is 370 g/mol. The van der Waals surface area contributed by atoms with Crippen LogP contribution in [-0.2, 0) is 4.79 Å². The van der Waals surface area contributed by atoms with Crippen LogP contribution in [0.3, 0.4) is 0 Å². The third-order valence-electron chi connectivity index (χ3n) is 6.47. The molecule has 0 radical (unpaired) electrons. The van der Waals surface area contributed by atoms with Crippen molar-refractivity contribution in [3.8, 4) is 5.88 Å². The third-order valence-corrected chi connectivity index (χ3v) is 6.47. The van der Waals surface area contributed by atoms with E-state index in [1.165, 1.54) is 26.4 Å². The van der Waals surface area contributed by atoms with Crippen molar-refractivity contribution < 1.29 is 14.3 Å². The summed E-state index contributed by atoms with van der Waals surface area (Å²) in [5.74, 6) is 0.510. The Kier molecular flexibility index (Phi) is 6.30. The van der Waals surface area contributed by atoms with E-state index in [0.717, 1.165) is 32.2 Å². The number of hydrogen-bond acceptors (Lipinski definition) is 6. The smallest absolute Gasteiger partial charge is 0.259 e. The van der Waals surface area contributed by atoms with Gasteiger partial charge in [-0.3, -0.25) is 19.4 Å². The molecule has 4 rings (SSSR count). The van der Waals surface area contributed by atoms with Crippen LogP contribution in [0.2, 0.25) is 0 Å². The van der Waals surface area contributed by atoms with Crippen LogP contribution in [-0.4, -0.2) is 108 Å². The summed E-state index contributed by atoms with van der Waals surface area (Å²) in [6.07, 6.45) is 5.61. The molecule has 0 bridgehead atoms. The van der Waals surface area contributed by atoms with Gasteiger partial charge >= 0.3 is 0 Å². The lowest BCUT2D eigenvalue weighted by Gasteiger charge is -2.43. The van der Waals surface area contributed by atoms with Crippen molar-refractivity contribution in [1.29, 1.82) is 0 Å². The molecule has 0 N–H and O–H groups in total. The van der Waals surface area contributed by atoms with Gasteiger partial charge in [-0.1, -0.05) is 6.42 Å². The molecule has 2 amide bonds. The number of methoxy groups -OCH3 is 1. The maximum Gasteiger partial charge on any atom is 0.259 e. The molecule has 2 saturated heterocycles. The van der Waals surface area contributed by atoms with Gasteiger partial charge in [0.2, 0.25) is 11.8 Å². The zero-order chi connectivity index (χ0) is 20.2. The summed E-state index contributed by atoms with van der Waals surface area (Å²) >= 11 is 0. The number of carbonyl (C=O) groups is 2. The standard InChI is InChI=1S/C21H31N5O3/c1-29-20-18(6-3-7-22-20)21(28)26-10-8-23(9-11-26)16-19(27)25-14-12-24(13-15-25)17-4-2-5-17/h3,6-7,17H,2,4-5,8-16H2,1H3. The van der Waals surface area contributed by atoms with Gasteiger partial charge in [0.05, 0.1) is 13.7 Å². The molecule has 0 unspecified atom stereocenters. The molecule has 3 fully saturated rings. The fourth-order valence-corrected chi connectivity index (χ4v) is 4.38. The fraction of sp³-hybridized carbons (Fsp3) is 0.667. The quantitative estimate of drug-likeness (QED) is 0.718. The number of aromatic nitrogens is 1. The predicted octanol–water partition coefficient (Wildman–Crippen LogP) is 0.545. The molecule has 158 valence electrons. The van der Waals surface area contributed by atoms with Crippen LogP contribution in [0.15, 0.2) is 18.3 Å². The van der Waals surface area contributed by atoms with Gasteiger partial charge in [-0.05, 0) is 25.0 Å². The van der Waals surface area contributed by atoms with Gasteiger partial charge in [-0.15, -0.1) is 0 Å². The van der Waals surface area contributed by atoms with E-state index in [1.54, 1.807) is 18.3 Å². The molecule has 29 heavy (non-hydrogen) atoms. The fourth-order valence-electron chi connectivity index (χ4n) is 4.38. The first-order valence-corrected chi connectivity index (χ1v) is 10.7. The first-order chi connectivity index (χ1) is 14.2. The summed E-state index contributed by atoms with van der Waals surface area (Å²) < 4.78 is 5.21. The summed E-state index contributed by atoms with van der Waals surface area (Å²) in [6.45, 7) is 6.78. The van der Waals surface area contributed by atoms with Gasteiger partial charge in [-0.25, -0.2) is 4.98 Å². The van der Waals surface area contributed by atoms with Crippen molar-refractivity contribution in [1.82, 2.24) is 24.6 Å². The van der Waals surface area contributed by atoms with Gasteiger partial charge in [0, 0.05) is 64.6 Å². The second-order valence-corrected chi connectivity index (χ2v) is 8.13. The minimum Gasteiger partial charge on any atom is -0.480 e. The van der Waals surface area contributed by atoms with Crippen LogP contribution in [0.4, 0.5) is 0 Å². The molecule has 1 saturated carbocycles. The lowest BCUT2D eigenvalue weighted by atomic mass is 9.91. The molecule has 1 aromatic rings. The molecule has 0 aromatic carbocycles. The van der Waals surface area contributed by atoms with E-state index in [-0.39, 0.29) is 11.8 Å². The Bertz CT molecular complexity index is 723. The van der Waals surface area contributed by atoms with E-state index in [4.69, 9.17) is 4.74 Å². The zero-order valence-corrected chi connectivity index (χ0v) is 17.3. The van der Waals surface area contributed by atoms with E-state index >= 15 is 0 Å². The normalized spacial score (nSPS) is 21.7. The second-order valence-electron chi connectivity index (χ2n) is 8.13. The first-order valence-electron chi connectivity index (χ1n) is 10.7. The van der Waals surface area contributed by atoms with E-state index in [0.29, 0.717) is 44.2 Å². The summed E-state index contributed by atoms with van der Waals surface area (Å²) in [5.41, 5.74) is 0.490. The van der Waals surface area contributed by atoms with Crippen LogP contribution in [0, 0.1) is 0 Å². The molecule has 3 aliphatic rings. The Morgan fingerprint density at radius 1 is 1.03 bits per heavy atom. The van der Waals surface area contributed by atoms with E-state index in [9.17, 15) is 9.59 Å². The van der Waals surface area contributed by atoms with Crippen LogP contribution < -0.4 is 4.74 Å². The van der Waals surface area contributed by atoms with Crippen molar-refractivity contribution in [3.05, 3.63) is 23.9 Å². The average molecular weight is 402 g/mol. The van der Waals surface area contributed by atoms with E-state index in [1.807, 2.05) is 9.80 Å². The van der Waals surface area contributed by atoms with E-state index in [2.05, 4.69) is 14.8 Å². The Morgan fingerprint density at radius 3 is 2.34 bits per heavy atom. The summed E-state index contributed by atoms with van der Waals surface area (Å²) in [7, 11) is 1.52. The van der Waals surface area contributed by atoms with Crippen LogP contribution >= 0.6 is 0 Å². The minimum atomic E-state index is -0.0620. The minimum absolute atomic E-state index is 0.0620. The van der Waals surface area contributed by atoms with Gasteiger partial charge in [0.15, 0.2) is 0 Å². The molecule has 0 atom stereocenters. The van der Waals surface area contributed by atoms with Crippen LogP contribution in [0.5, 0.6) is 5.88 Å². The second kappa shape index (κ2) is 9.09. The highest BCUT2D eigenvalue weighted by Gasteiger charge is 2.31. The lowest BCUT2D eigenvalue weighted by molar-refractivity contribution is -0.135. The van der Waals surface area contributed by atoms with Crippen LogP contribution in [0.1, 0.15) is 29.6 Å². The number of piperazine rings is 2. The topological polar surface area (TPSA) is 69.2 Å². The monoisotopic (exact) mass is 401 g/mol. The first kappa shape index (κ1) is 20.1. The van der Waals surface area contributed by atoms with Crippen molar-refractivity contribution in [2.45, 2.75) is 25.3 Å². The molecule has 0 spiro atoms. The number of rotatable bonds is 5. The molecule has 8 heteroatoms. The SMILES string of the molecule is COc1ncccc1C(=O)N1CCN(CC(=O)N2CCN(C3CCC3)CC2)CC1. The van der Waals surface area contributed by atoms with Gasteiger partial charge in [0.1, 0.15) is 5.56 Å². The summed E-state index contributed by atoms with van der Waals surface area (Å²) in [5, 5.41) is 0. The maximum atomic E-state index is 12.8. The van der Waals surface area contributed by atoms with Gasteiger partial charge in [-0.2, -0.15) is 0 Å². The number of pyridine rings is 1. The van der Waals surface area contributed by atoms with Gasteiger partial charge < -0.3 is 14.5 Å². The Hall–Kier alpha value is -2.19. The Labute approximate surface area is 172 Å². The number of hydrogen-bond donors (Lipinski definition) is 0. The average Bonchev–Trinajstić information content (AvgIpc) is 2.73. The molecule has 1 aliphatic carbocycles. The largest absolute Gasteiger partial charge is 0.480 e. The predicted molar refractivity (Wildman–Crippen MR) is 109 cm³/mol. The van der Waals surface area contributed by atoms with Crippen molar-refractivity contribution in [2.24, 2.45) is 0 Å². The third kappa shape index (κ3) is 4.53. The molecular formula is C21H31N5O3. The number of carbonyl (C=O) groups excluding carboxylic acids is 2. The Balaban J connectivity index is 1.22. The van der Waals surface area contributed by atoms with Crippen molar-refractivity contribution in [2.75, 3.05) is 66.0 Å². The molecule has 3 heterocycles. The van der Waals surface area contributed by atoms with Gasteiger partial charge in [0.25, 0.3) is 5.91 Å². The van der Waals surface area contributed by atoms with Crippen molar-refractivity contribution in [3.63, 3.8) is 0 Å². The zero-order valence-electron chi connectivity index (χ0n) is 17.3. The number of nitrogens with zero attached hydrogens (tertiary/aromatic N) is 5. The molecule has 1 aromatic heterocycles. The van der Waals surface area contributed by atoms with E-state index < -0.39 is 0 Å². The molecule has 2 aliphatic heterocycles. The van der Waals surface area contributed by atoms with Crippen LogP contribution in [0.25, 0.3) is 0 Å². The van der Waals surface area contributed by atoms with Crippen molar-refractivity contribution >= 4 is 11.8 Å². The highest BCUT2D eigenvalue weighted by molar-refractivity contribution is 5.96. The number of amides is 2. The lowest BCUT2D eigenvalue weighted by Crippen LogP contribution is -2.56. The summed E-state index contributed by atoms with van der Waals surface area (Å²) in [6, 6.07) is 4.25. The number of ether oxygens (including phenoxy) is 1. The summed E-state index contributed by atoms with van der Waals surface area (Å²) in [4.78, 5) is 38.1. The highest BCUT2D eigenvalue weighted by atomic mass is 16.5. The molecule has 8 nitrogen and oxygen atoms in total. The maximum absolute atomic E-state index is 12.8.